The van der Waals surface area contributed by atoms with Crippen LogP contribution < -0.4 is 0 Å². The lowest BCUT2D eigenvalue weighted by molar-refractivity contribution is 0.194. The molecule has 0 aliphatic rings. The van der Waals surface area contributed by atoms with Crippen molar-refractivity contribution in [3.8, 4) is 11.3 Å². The Balaban J connectivity index is 2.33. The number of nitrogens with zero attached hydrogens (tertiary/aromatic N) is 2. The van der Waals surface area contributed by atoms with Crippen LogP contribution in [0, 0.1) is 0 Å². The zero-order valence-electron chi connectivity index (χ0n) is 10.4. The molecule has 0 aliphatic carbocycles. The van der Waals surface area contributed by atoms with E-state index in [1.54, 1.807) is 19.2 Å². The molecule has 1 aromatic carbocycles. The molecule has 0 spiro atoms. The van der Waals surface area contributed by atoms with Gasteiger partial charge in [-0.25, -0.2) is 4.98 Å². The van der Waals surface area contributed by atoms with Gasteiger partial charge in [-0.3, -0.25) is 4.40 Å². The highest BCUT2D eigenvalue weighted by molar-refractivity contribution is 6.30. The maximum Gasteiger partial charge on any atom is 0.137 e. The zero-order chi connectivity index (χ0) is 13.4. The minimum absolute atomic E-state index is 0.617. The van der Waals surface area contributed by atoms with Crippen molar-refractivity contribution in [2.24, 2.45) is 0 Å². The second-order valence-electron chi connectivity index (χ2n) is 4.46. The molecule has 0 saturated heterocycles. The summed E-state index contributed by atoms with van der Waals surface area (Å²) < 4.78 is 1.84. The number of fused-ring (bicyclic) bond motifs is 1. The first-order valence-corrected chi connectivity index (χ1v) is 6.45. The summed E-state index contributed by atoms with van der Waals surface area (Å²) in [7, 11) is 0. The Labute approximate surface area is 116 Å². The minimum atomic E-state index is -0.622. The maximum absolute atomic E-state index is 10.0. The predicted octanol–water partition coefficient (Wildman–Crippen LogP) is 3.71. The van der Waals surface area contributed by atoms with Gasteiger partial charge in [0.15, 0.2) is 0 Å². The number of halogens is 1. The summed E-state index contributed by atoms with van der Waals surface area (Å²) in [6.45, 7) is 1.73. The molecule has 1 N–H and O–H groups in total. The molecule has 0 saturated carbocycles. The lowest BCUT2D eigenvalue weighted by Crippen LogP contribution is -1.99. The van der Waals surface area contributed by atoms with Crippen LogP contribution in [0.1, 0.15) is 18.7 Å². The normalized spacial score (nSPS) is 12.8. The number of hydrogen-bond donors (Lipinski definition) is 1. The van der Waals surface area contributed by atoms with Gasteiger partial charge in [-0.15, -0.1) is 0 Å². The van der Waals surface area contributed by atoms with Crippen LogP contribution in [0.15, 0.2) is 48.7 Å². The van der Waals surface area contributed by atoms with Gasteiger partial charge in [0, 0.05) is 11.8 Å². The van der Waals surface area contributed by atoms with Gasteiger partial charge in [0.25, 0.3) is 0 Å². The second kappa shape index (κ2) is 4.68. The topological polar surface area (TPSA) is 37.5 Å². The summed E-state index contributed by atoms with van der Waals surface area (Å²) in [5.74, 6) is 0. The lowest BCUT2D eigenvalue weighted by Gasteiger charge is -2.08. The second-order valence-corrected chi connectivity index (χ2v) is 4.90. The number of hydrogen-bond acceptors (Lipinski definition) is 2. The molecular weight excluding hydrogens is 260 g/mol. The van der Waals surface area contributed by atoms with Crippen molar-refractivity contribution in [3.63, 3.8) is 0 Å². The molecule has 0 bridgehead atoms. The Morgan fingerprint density at radius 1 is 1.16 bits per heavy atom. The number of pyridine rings is 1. The third-order valence-electron chi connectivity index (χ3n) is 3.06. The van der Waals surface area contributed by atoms with Crippen molar-refractivity contribution < 1.29 is 5.11 Å². The molecule has 3 aromatic rings. The minimum Gasteiger partial charge on any atom is -0.387 e. The molecule has 2 heterocycles. The SMILES string of the molecule is CC(O)c1c(-c2ccccc2)nc2ccc(Cl)cn12. The van der Waals surface area contributed by atoms with E-state index < -0.39 is 6.10 Å². The van der Waals surface area contributed by atoms with Crippen LogP contribution in [-0.2, 0) is 0 Å². The molecule has 96 valence electrons. The highest BCUT2D eigenvalue weighted by Crippen LogP contribution is 2.29. The van der Waals surface area contributed by atoms with Crippen LogP contribution >= 0.6 is 11.6 Å². The van der Waals surface area contributed by atoms with Crippen LogP contribution in [0.2, 0.25) is 5.02 Å². The smallest absolute Gasteiger partial charge is 0.137 e. The van der Waals surface area contributed by atoms with Gasteiger partial charge in [-0.2, -0.15) is 0 Å². The Morgan fingerprint density at radius 2 is 1.89 bits per heavy atom. The number of aliphatic hydroxyl groups is 1. The summed E-state index contributed by atoms with van der Waals surface area (Å²) in [4.78, 5) is 4.59. The first kappa shape index (κ1) is 12.2. The highest BCUT2D eigenvalue weighted by Gasteiger charge is 2.17. The van der Waals surface area contributed by atoms with Crippen LogP contribution in [0.25, 0.3) is 16.9 Å². The van der Waals surface area contributed by atoms with Crippen molar-refractivity contribution in [2.75, 3.05) is 0 Å². The molecule has 1 unspecified atom stereocenters. The van der Waals surface area contributed by atoms with Crippen molar-refractivity contribution in [2.45, 2.75) is 13.0 Å². The van der Waals surface area contributed by atoms with Crippen LogP contribution in [0.4, 0.5) is 0 Å². The van der Waals surface area contributed by atoms with Crippen molar-refractivity contribution in [3.05, 3.63) is 59.4 Å². The summed E-state index contributed by atoms with van der Waals surface area (Å²) in [6.07, 6.45) is 1.15. The third kappa shape index (κ3) is 2.11. The molecular formula is C15H13ClN2O. The summed E-state index contributed by atoms with van der Waals surface area (Å²) in [5.41, 5.74) is 3.30. The third-order valence-corrected chi connectivity index (χ3v) is 3.29. The van der Waals surface area contributed by atoms with Crippen molar-refractivity contribution >= 4 is 17.2 Å². The molecule has 0 aliphatic heterocycles. The van der Waals surface area contributed by atoms with E-state index >= 15 is 0 Å². The quantitative estimate of drug-likeness (QED) is 0.772. The Morgan fingerprint density at radius 3 is 2.58 bits per heavy atom. The average Bonchev–Trinajstić information content (AvgIpc) is 2.78. The fourth-order valence-electron chi connectivity index (χ4n) is 2.24. The van der Waals surface area contributed by atoms with Gasteiger partial charge in [-0.05, 0) is 19.1 Å². The average molecular weight is 273 g/mol. The summed E-state index contributed by atoms with van der Waals surface area (Å²) >= 11 is 6.02. The van der Waals surface area contributed by atoms with E-state index in [9.17, 15) is 5.11 Å². The maximum atomic E-state index is 10.0. The van der Waals surface area contributed by atoms with Gasteiger partial charge in [0.1, 0.15) is 5.65 Å². The van der Waals surface area contributed by atoms with E-state index in [-0.39, 0.29) is 0 Å². The number of rotatable bonds is 2. The summed E-state index contributed by atoms with van der Waals surface area (Å²) in [6, 6.07) is 13.5. The van der Waals surface area contributed by atoms with Gasteiger partial charge < -0.3 is 5.11 Å². The van der Waals surface area contributed by atoms with Crippen LogP contribution in [0.5, 0.6) is 0 Å². The van der Waals surface area contributed by atoms with Gasteiger partial charge in [-0.1, -0.05) is 41.9 Å². The van der Waals surface area contributed by atoms with E-state index in [1.165, 1.54) is 0 Å². The summed E-state index contributed by atoms with van der Waals surface area (Å²) in [5, 5.41) is 10.7. The fourth-order valence-corrected chi connectivity index (χ4v) is 2.41. The van der Waals surface area contributed by atoms with Gasteiger partial charge in [0.05, 0.1) is 22.5 Å². The largest absolute Gasteiger partial charge is 0.387 e. The number of aromatic nitrogens is 2. The van der Waals surface area contributed by atoms with Gasteiger partial charge >= 0.3 is 0 Å². The number of imidazole rings is 1. The van der Waals surface area contributed by atoms with Crippen LogP contribution in [-0.4, -0.2) is 14.5 Å². The number of benzene rings is 1. The molecule has 1 atom stereocenters. The molecule has 0 radical (unpaired) electrons. The molecule has 0 amide bonds. The predicted molar refractivity (Wildman–Crippen MR) is 76.3 cm³/mol. The van der Waals surface area contributed by atoms with E-state index in [0.717, 1.165) is 22.6 Å². The first-order valence-electron chi connectivity index (χ1n) is 6.08. The van der Waals surface area contributed by atoms with Crippen molar-refractivity contribution in [1.82, 2.24) is 9.38 Å². The standard InChI is InChI=1S/C15H13ClN2O/c1-10(19)15-14(11-5-3-2-4-6-11)17-13-8-7-12(16)9-18(13)15/h2-10,19H,1H3. The first-order chi connectivity index (χ1) is 9.16. The molecule has 19 heavy (non-hydrogen) atoms. The molecule has 2 aromatic heterocycles. The lowest BCUT2D eigenvalue weighted by atomic mass is 10.1. The van der Waals surface area contributed by atoms with E-state index in [4.69, 9.17) is 11.6 Å². The fraction of sp³-hybridized carbons (Fsp3) is 0.133. The van der Waals surface area contributed by atoms with Crippen molar-refractivity contribution in [1.29, 1.82) is 0 Å². The van der Waals surface area contributed by atoms with Crippen LogP contribution in [0.3, 0.4) is 0 Å². The molecule has 3 rings (SSSR count). The Kier molecular flexibility index (Phi) is 3.01. The zero-order valence-corrected chi connectivity index (χ0v) is 11.2. The van der Waals surface area contributed by atoms with Gasteiger partial charge in [0.2, 0.25) is 0 Å². The number of aliphatic hydroxyl groups excluding tert-OH is 1. The molecule has 3 nitrogen and oxygen atoms in total. The van der Waals surface area contributed by atoms with E-state index in [2.05, 4.69) is 4.98 Å². The monoisotopic (exact) mass is 272 g/mol. The Bertz CT molecular complexity index is 720. The Hall–Kier alpha value is -1.84. The van der Waals surface area contributed by atoms with E-state index in [1.807, 2.05) is 40.8 Å². The molecule has 4 heteroatoms. The van der Waals surface area contributed by atoms with E-state index in [0.29, 0.717) is 5.02 Å². The molecule has 0 fully saturated rings. The highest BCUT2D eigenvalue weighted by atomic mass is 35.5.